The van der Waals surface area contributed by atoms with E-state index in [9.17, 15) is 10.1 Å². The second-order valence-corrected chi connectivity index (χ2v) is 6.36. The van der Waals surface area contributed by atoms with Gasteiger partial charge in [-0.25, -0.2) is 9.71 Å². The molecule has 0 saturated heterocycles. The summed E-state index contributed by atoms with van der Waals surface area (Å²) in [7, 11) is 1.43. The molecule has 3 N–H and O–H groups in total. The van der Waals surface area contributed by atoms with Crippen LogP contribution in [0.15, 0.2) is 46.3 Å². The van der Waals surface area contributed by atoms with Crippen molar-refractivity contribution in [3.63, 3.8) is 0 Å². The molecule has 0 amide bonds. The number of aromatic nitrogens is 2. The molecule has 0 bridgehead atoms. The lowest BCUT2D eigenvalue weighted by Gasteiger charge is -2.08. The van der Waals surface area contributed by atoms with E-state index in [0.29, 0.717) is 45.8 Å². The van der Waals surface area contributed by atoms with Gasteiger partial charge in [-0.3, -0.25) is 14.5 Å². The second kappa shape index (κ2) is 6.85. The highest BCUT2D eigenvalue weighted by Gasteiger charge is 2.29. The Balaban J connectivity index is 2.00. The van der Waals surface area contributed by atoms with Gasteiger partial charge in [0, 0.05) is 24.2 Å². The highest BCUT2D eigenvalue weighted by molar-refractivity contribution is 7.95. The fourth-order valence-electron chi connectivity index (χ4n) is 3.14. The summed E-state index contributed by atoms with van der Waals surface area (Å²) in [4.78, 5) is 22.8. The molecule has 2 heterocycles. The first-order chi connectivity index (χ1) is 13.2. The first-order valence-corrected chi connectivity index (χ1v) is 8.86. The van der Waals surface area contributed by atoms with Gasteiger partial charge >= 0.3 is 0 Å². The highest BCUT2D eigenvalue weighted by atomic mass is 32.2. The van der Waals surface area contributed by atoms with Gasteiger partial charge in [0.25, 0.3) is 5.56 Å². The Morgan fingerprint density at radius 3 is 2.96 bits per heavy atom. The van der Waals surface area contributed by atoms with Crippen LogP contribution in [-0.4, -0.2) is 22.4 Å². The maximum Gasteiger partial charge on any atom is 0.266 e. The van der Waals surface area contributed by atoms with Crippen LogP contribution in [0.4, 0.5) is 0 Å². The molecule has 0 saturated carbocycles. The number of nitrogens with two attached hydrogens (primary N) is 1. The maximum atomic E-state index is 13.2. The number of fused-ring (bicyclic) bond motifs is 4. The molecular weight excluding hydrogens is 364 g/mol. The van der Waals surface area contributed by atoms with Crippen molar-refractivity contribution in [3.05, 3.63) is 69.3 Å². The SMILES string of the molecule is CO/N=C1\c2cc(C#N)ccc2-n2c1nc1ccc(CNSN)cc1c2=O. The largest absolute Gasteiger partial charge is 0.399 e. The average molecular weight is 378 g/mol. The molecule has 1 aliphatic heterocycles. The third kappa shape index (κ3) is 2.76. The van der Waals surface area contributed by atoms with Crippen molar-refractivity contribution in [1.29, 1.82) is 5.26 Å². The van der Waals surface area contributed by atoms with Gasteiger partial charge in [0.15, 0.2) is 11.5 Å². The molecule has 134 valence electrons. The van der Waals surface area contributed by atoms with E-state index in [0.717, 1.165) is 17.7 Å². The van der Waals surface area contributed by atoms with E-state index in [4.69, 9.17) is 9.98 Å². The van der Waals surface area contributed by atoms with E-state index >= 15 is 0 Å². The summed E-state index contributed by atoms with van der Waals surface area (Å²) in [5, 5.41) is 19.1. The number of oxime groups is 1. The number of benzene rings is 2. The Hall–Kier alpha value is -3.19. The summed E-state index contributed by atoms with van der Waals surface area (Å²) in [6, 6.07) is 12.6. The quantitative estimate of drug-likeness (QED) is 0.409. The van der Waals surface area contributed by atoms with Crippen LogP contribution in [-0.2, 0) is 11.4 Å². The van der Waals surface area contributed by atoms with Crippen molar-refractivity contribution in [2.24, 2.45) is 10.3 Å². The van der Waals surface area contributed by atoms with Gasteiger partial charge in [-0.1, -0.05) is 11.2 Å². The van der Waals surface area contributed by atoms with Crippen LogP contribution in [0.1, 0.15) is 22.5 Å². The molecular formula is C18H14N6O2S. The minimum Gasteiger partial charge on any atom is -0.399 e. The molecule has 3 aromatic rings. The molecule has 0 aliphatic carbocycles. The molecule has 0 unspecified atom stereocenters. The third-order valence-corrected chi connectivity index (χ3v) is 4.62. The van der Waals surface area contributed by atoms with E-state index in [1.54, 1.807) is 30.3 Å². The maximum absolute atomic E-state index is 13.2. The van der Waals surface area contributed by atoms with Gasteiger partial charge in [-0.15, -0.1) is 0 Å². The van der Waals surface area contributed by atoms with E-state index in [2.05, 4.69) is 20.9 Å². The van der Waals surface area contributed by atoms with Crippen LogP contribution < -0.4 is 15.4 Å². The normalized spacial score (nSPS) is 13.4. The van der Waals surface area contributed by atoms with Crippen LogP contribution in [0.2, 0.25) is 0 Å². The molecule has 0 fully saturated rings. The van der Waals surface area contributed by atoms with E-state index in [1.807, 2.05) is 6.07 Å². The fraction of sp³-hybridized carbons (Fsp3) is 0.111. The van der Waals surface area contributed by atoms with Gasteiger partial charge in [0.05, 0.1) is 28.2 Å². The van der Waals surface area contributed by atoms with Crippen molar-refractivity contribution in [1.82, 2.24) is 14.3 Å². The Morgan fingerprint density at radius 1 is 1.37 bits per heavy atom. The lowest BCUT2D eigenvalue weighted by Crippen LogP contribution is -2.22. The summed E-state index contributed by atoms with van der Waals surface area (Å²) < 4.78 is 4.46. The topological polar surface area (TPSA) is 118 Å². The predicted octanol–water partition coefficient (Wildman–Crippen LogP) is 1.58. The Kier molecular flexibility index (Phi) is 4.37. The van der Waals surface area contributed by atoms with Gasteiger partial charge < -0.3 is 4.84 Å². The smallest absolute Gasteiger partial charge is 0.266 e. The van der Waals surface area contributed by atoms with Crippen molar-refractivity contribution < 1.29 is 4.84 Å². The van der Waals surface area contributed by atoms with Crippen molar-refractivity contribution in [2.75, 3.05) is 7.11 Å². The standard InChI is InChI=1S/C18H14N6O2S/c1-26-23-16-13-6-10(8-19)3-5-15(13)24-17(16)22-14-4-2-11(9-21-27-20)7-12(14)18(24)25/h2-7,21H,9,20H2,1H3/b23-16+. The van der Waals surface area contributed by atoms with Crippen LogP contribution in [0.3, 0.4) is 0 Å². The Morgan fingerprint density at radius 2 is 2.22 bits per heavy atom. The number of rotatable bonds is 4. The predicted molar refractivity (Wildman–Crippen MR) is 103 cm³/mol. The molecule has 0 spiro atoms. The number of nitrogens with zero attached hydrogens (tertiary/aromatic N) is 4. The van der Waals surface area contributed by atoms with Gasteiger partial charge in [-0.2, -0.15) is 5.26 Å². The monoisotopic (exact) mass is 378 g/mol. The zero-order valence-electron chi connectivity index (χ0n) is 14.3. The van der Waals surface area contributed by atoms with Gasteiger partial charge in [0.1, 0.15) is 7.11 Å². The molecule has 0 radical (unpaired) electrons. The lowest BCUT2D eigenvalue weighted by atomic mass is 10.1. The van der Waals surface area contributed by atoms with Crippen LogP contribution in [0.5, 0.6) is 0 Å². The summed E-state index contributed by atoms with van der Waals surface area (Å²) in [5.74, 6) is 0.392. The molecule has 2 aromatic carbocycles. The van der Waals surface area contributed by atoms with Crippen molar-refractivity contribution in [3.8, 4) is 11.8 Å². The number of hydrogen-bond acceptors (Lipinski definition) is 8. The van der Waals surface area contributed by atoms with E-state index < -0.39 is 0 Å². The lowest BCUT2D eigenvalue weighted by molar-refractivity contribution is 0.214. The highest BCUT2D eigenvalue weighted by Crippen LogP contribution is 2.28. The van der Waals surface area contributed by atoms with Crippen LogP contribution >= 0.6 is 12.1 Å². The van der Waals surface area contributed by atoms with Crippen molar-refractivity contribution in [2.45, 2.75) is 6.54 Å². The minimum atomic E-state index is -0.204. The van der Waals surface area contributed by atoms with Crippen LogP contribution in [0.25, 0.3) is 16.6 Å². The summed E-state index contributed by atoms with van der Waals surface area (Å²) >= 11 is 1.02. The number of hydrogen-bond donors (Lipinski definition) is 2. The zero-order valence-corrected chi connectivity index (χ0v) is 15.1. The molecule has 9 heteroatoms. The Labute approximate surface area is 158 Å². The van der Waals surface area contributed by atoms with Crippen LogP contribution in [0, 0.1) is 11.3 Å². The molecule has 27 heavy (non-hydrogen) atoms. The fourth-order valence-corrected chi connectivity index (χ4v) is 3.39. The average Bonchev–Trinajstić information content (AvgIpc) is 3.00. The molecule has 4 rings (SSSR count). The molecule has 8 nitrogen and oxygen atoms in total. The second-order valence-electron chi connectivity index (χ2n) is 5.83. The molecule has 1 aromatic heterocycles. The Bertz CT molecular complexity index is 1190. The van der Waals surface area contributed by atoms with Gasteiger partial charge in [0.2, 0.25) is 0 Å². The summed E-state index contributed by atoms with van der Waals surface area (Å²) in [6.07, 6.45) is 0. The third-order valence-electron chi connectivity index (χ3n) is 4.31. The number of nitriles is 1. The number of nitrogens with one attached hydrogen (secondary N) is 1. The molecule has 0 atom stereocenters. The first-order valence-electron chi connectivity index (χ1n) is 7.98. The summed E-state index contributed by atoms with van der Waals surface area (Å²) in [6.45, 7) is 0.525. The van der Waals surface area contributed by atoms with E-state index in [-0.39, 0.29) is 5.56 Å². The molecule has 1 aliphatic rings. The van der Waals surface area contributed by atoms with Gasteiger partial charge in [-0.05, 0) is 35.9 Å². The zero-order chi connectivity index (χ0) is 19.0. The minimum absolute atomic E-state index is 0.204. The van der Waals surface area contributed by atoms with E-state index in [1.165, 1.54) is 11.7 Å². The first kappa shape index (κ1) is 17.2. The van der Waals surface area contributed by atoms with Crippen molar-refractivity contribution >= 4 is 28.7 Å². The summed E-state index contributed by atoms with van der Waals surface area (Å²) in [5.41, 5.74) is 3.43.